The number of rotatable bonds is 4. The van der Waals surface area contributed by atoms with Gasteiger partial charge in [-0.15, -0.1) is 11.3 Å². The predicted molar refractivity (Wildman–Crippen MR) is 121 cm³/mol. The van der Waals surface area contributed by atoms with E-state index >= 15 is 0 Å². The quantitative estimate of drug-likeness (QED) is 0.353. The van der Waals surface area contributed by atoms with Crippen LogP contribution in [0.3, 0.4) is 0 Å². The third kappa shape index (κ3) is 3.08. The lowest BCUT2D eigenvalue weighted by atomic mass is 10.0. The maximum atomic E-state index is 13.4. The van der Waals surface area contributed by atoms with Gasteiger partial charge in [-0.3, -0.25) is 4.79 Å². The predicted octanol–water partition coefficient (Wildman–Crippen LogP) is 3.87. The molecule has 0 saturated carbocycles. The Morgan fingerprint density at radius 3 is 2.86 bits per heavy atom. The van der Waals surface area contributed by atoms with Gasteiger partial charge < -0.3 is 10.3 Å². The van der Waals surface area contributed by atoms with E-state index in [1.807, 2.05) is 42.6 Å². The van der Waals surface area contributed by atoms with Crippen molar-refractivity contribution in [3.05, 3.63) is 68.1 Å². The molecule has 0 bridgehead atoms. The zero-order chi connectivity index (χ0) is 20.0. The van der Waals surface area contributed by atoms with E-state index in [0.717, 1.165) is 9.26 Å². The van der Waals surface area contributed by atoms with Gasteiger partial charge in [-0.1, -0.05) is 30.3 Å². The van der Waals surface area contributed by atoms with Crippen LogP contribution in [-0.2, 0) is 0 Å². The molecule has 0 spiro atoms. The second kappa shape index (κ2) is 7.19. The highest BCUT2D eigenvalue weighted by molar-refractivity contribution is 14.1. The molecule has 5 rings (SSSR count). The Kier molecular flexibility index (Phi) is 4.51. The Labute approximate surface area is 182 Å². The lowest BCUT2D eigenvalue weighted by Crippen LogP contribution is -2.23. The first-order valence-electron chi connectivity index (χ1n) is 8.79. The standard InChI is InChI=1S/C19H14IN7OS/c1-10(25-17-15-16(22-8-21-15)23-9-24-17)14-13(11-5-3-2-4-6-11)18(28)27-12(20)7-29-19(27)26-14/h2-10H,1H3,(H2,21,22,23,24,25). The fraction of sp³-hybridized carbons (Fsp3) is 0.105. The van der Waals surface area contributed by atoms with Gasteiger partial charge >= 0.3 is 0 Å². The topological polar surface area (TPSA) is 101 Å². The summed E-state index contributed by atoms with van der Waals surface area (Å²) in [4.78, 5) is 34.7. The molecule has 8 nitrogen and oxygen atoms in total. The van der Waals surface area contributed by atoms with E-state index in [9.17, 15) is 4.79 Å². The Morgan fingerprint density at radius 1 is 1.21 bits per heavy atom. The molecule has 144 valence electrons. The minimum absolute atomic E-state index is 0.0805. The van der Waals surface area contributed by atoms with Crippen molar-refractivity contribution in [3.8, 4) is 11.1 Å². The minimum Gasteiger partial charge on any atom is -0.360 e. The van der Waals surface area contributed by atoms with Crippen molar-refractivity contribution in [3.63, 3.8) is 0 Å². The summed E-state index contributed by atoms with van der Waals surface area (Å²) in [6.07, 6.45) is 3.05. The summed E-state index contributed by atoms with van der Waals surface area (Å²) in [5.74, 6) is 0.588. The number of nitrogens with one attached hydrogen (secondary N) is 2. The van der Waals surface area contributed by atoms with Crippen molar-refractivity contribution >= 4 is 55.9 Å². The van der Waals surface area contributed by atoms with E-state index in [1.54, 1.807) is 10.7 Å². The van der Waals surface area contributed by atoms with Crippen LogP contribution < -0.4 is 10.9 Å². The second-order valence-corrected chi connectivity index (χ2v) is 8.35. The lowest BCUT2D eigenvalue weighted by Gasteiger charge is -2.18. The van der Waals surface area contributed by atoms with Crippen LogP contribution in [0.4, 0.5) is 5.82 Å². The number of imidazole rings is 1. The Hall–Kier alpha value is -2.86. The van der Waals surface area contributed by atoms with E-state index in [0.29, 0.717) is 33.2 Å². The molecule has 1 unspecified atom stereocenters. The zero-order valence-corrected chi connectivity index (χ0v) is 18.1. The maximum absolute atomic E-state index is 13.4. The highest BCUT2D eigenvalue weighted by Gasteiger charge is 2.22. The second-order valence-electron chi connectivity index (χ2n) is 6.41. The van der Waals surface area contributed by atoms with Gasteiger partial charge in [0.15, 0.2) is 16.4 Å². The molecule has 0 saturated heterocycles. The zero-order valence-electron chi connectivity index (χ0n) is 15.1. The molecule has 4 heterocycles. The van der Waals surface area contributed by atoms with Crippen LogP contribution >= 0.6 is 33.9 Å². The molecule has 0 amide bonds. The summed E-state index contributed by atoms with van der Waals surface area (Å²) >= 11 is 3.61. The monoisotopic (exact) mass is 515 g/mol. The molecule has 1 aromatic carbocycles. The van der Waals surface area contributed by atoms with Gasteiger partial charge in [-0.25, -0.2) is 24.3 Å². The average molecular weight is 515 g/mol. The molecule has 0 radical (unpaired) electrons. The lowest BCUT2D eigenvalue weighted by molar-refractivity contribution is 0.827. The maximum Gasteiger partial charge on any atom is 0.267 e. The molecule has 1 atom stereocenters. The smallest absolute Gasteiger partial charge is 0.267 e. The highest BCUT2D eigenvalue weighted by atomic mass is 127. The SMILES string of the molecule is CC(Nc1ncnc2[nH]cnc12)c1nc2scc(I)n2c(=O)c1-c1ccccc1. The molecular weight excluding hydrogens is 501 g/mol. The van der Waals surface area contributed by atoms with Crippen molar-refractivity contribution in [2.75, 3.05) is 5.32 Å². The third-order valence-electron chi connectivity index (χ3n) is 4.60. The van der Waals surface area contributed by atoms with Crippen molar-refractivity contribution < 1.29 is 0 Å². The van der Waals surface area contributed by atoms with Gasteiger partial charge in [0, 0.05) is 5.38 Å². The van der Waals surface area contributed by atoms with Crippen LogP contribution in [-0.4, -0.2) is 29.3 Å². The number of aromatic amines is 1. The van der Waals surface area contributed by atoms with Gasteiger partial charge in [0.1, 0.15) is 11.8 Å². The highest BCUT2D eigenvalue weighted by Crippen LogP contribution is 2.29. The summed E-state index contributed by atoms with van der Waals surface area (Å²) in [5, 5.41) is 5.28. The van der Waals surface area contributed by atoms with Gasteiger partial charge in [-0.05, 0) is 35.1 Å². The number of halogens is 1. The van der Waals surface area contributed by atoms with Crippen molar-refractivity contribution in [1.82, 2.24) is 29.3 Å². The molecule has 4 aromatic heterocycles. The summed E-state index contributed by atoms with van der Waals surface area (Å²) in [7, 11) is 0. The van der Waals surface area contributed by atoms with Crippen molar-refractivity contribution in [2.24, 2.45) is 0 Å². The first kappa shape index (κ1) is 18.2. The molecule has 5 aromatic rings. The van der Waals surface area contributed by atoms with E-state index in [4.69, 9.17) is 4.98 Å². The average Bonchev–Trinajstić information content (AvgIpc) is 3.36. The van der Waals surface area contributed by atoms with Crippen LogP contribution in [0.5, 0.6) is 0 Å². The van der Waals surface area contributed by atoms with Crippen LogP contribution in [0.2, 0.25) is 0 Å². The fourth-order valence-corrected chi connectivity index (χ4v) is 5.01. The van der Waals surface area contributed by atoms with E-state index in [-0.39, 0.29) is 11.6 Å². The number of hydrogen-bond acceptors (Lipinski definition) is 7. The molecular formula is C19H14IN7OS. The number of aromatic nitrogens is 6. The summed E-state index contributed by atoms with van der Waals surface area (Å²) in [5.41, 5.74) is 3.28. The fourth-order valence-electron chi connectivity index (χ4n) is 3.27. The van der Waals surface area contributed by atoms with Gasteiger partial charge in [-0.2, -0.15) is 0 Å². The number of nitrogens with zero attached hydrogens (tertiary/aromatic N) is 5. The summed E-state index contributed by atoms with van der Waals surface area (Å²) < 4.78 is 2.50. The molecule has 0 aliphatic rings. The van der Waals surface area contributed by atoms with Crippen molar-refractivity contribution in [1.29, 1.82) is 0 Å². The van der Waals surface area contributed by atoms with E-state index < -0.39 is 0 Å². The van der Waals surface area contributed by atoms with Crippen LogP contribution in [0.25, 0.3) is 27.3 Å². The van der Waals surface area contributed by atoms with Gasteiger partial charge in [0.25, 0.3) is 5.56 Å². The third-order valence-corrected chi connectivity index (χ3v) is 6.64. The number of anilines is 1. The number of thiazole rings is 1. The largest absolute Gasteiger partial charge is 0.360 e. The van der Waals surface area contributed by atoms with Crippen LogP contribution in [0.15, 0.2) is 53.2 Å². The van der Waals surface area contributed by atoms with Crippen molar-refractivity contribution in [2.45, 2.75) is 13.0 Å². The summed E-state index contributed by atoms with van der Waals surface area (Å²) in [6.45, 7) is 1.96. The summed E-state index contributed by atoms with van der Waals surface area (Å²) in [6, 6.07) is 9.34. The molecule has 0 aliphatic carbocycles. The number of fused-ring (bicyclic) bond motifs is 2. The normalized spacial score (nSPS) is 12.5. The number of benzene rings is 1. The van der Waals surface area contributed by atoms with Gasteiger partial charge in [0.05, 0.1) is 27.3 Å². The van der Waals surface area contributed by atoms with Crippen LogP contribution in [0.1, 0.15) is 18.7 Å². The first-order valence-corrected chi connectivity index (χ1v) is 10.7. The molecule has 10 heteroatoms. The minimum atomic E-state index is -0.280. The van der Waals surface area contributed by atoms with E-state index in [1.165, 1.54) is 17.7 Å². The number of hydrogen-bond donors (Lipinski definition) is 2. The Morgan fingerprint density at radius 2 is 2.03 bits per heavy atom. The first-order chi connectivity index (χ1) is 14.1. The Bertz CT molecular complexity index is 1390. The van der Waals surface area contributed by atoms with E-state index in [2.05, 4.69) is 47.8 Å². The molecule has 2 N–H and O–H groups in total. The Balaban J connectivity index is 1.69. The molecule has 29 heavy (non-hydrogen) atoms. The number of H-pyrrole nitrogens is 1. The molecule has 0 fully saturated rings. The molecule has 0 aliphatic heterocycles. The van der Waals surface area contributed by atoms with Gasteiger partial charge in [0.2, 0.25) is 0 Å². The van der Waals surface area contributed by atoms with Crippen LogP contribution in [0, 0.1) is 3.70 Å².